The van der Waals surface area contributed by atoms with Crippen LogP contribution in [0.3, 0.4) is 0 Å². The molecule has 0 spiro atoms. The van der Waals surface area contributed by atoms with Crippen molar-refractivity contribution in [2.45, 2.75) is 25.2 Å². The molecule has 0 saturated heterocycles. The van der Waals surface area contributed by atoms with E-state index in [2.05, 4.69) is 0 Å². The summed E-state index contributed by atoms with van der Waals surface area (Å²) in [4.78, 5) is 10.2. The zero-order valence-corrected chi connectivity index (χ0v) is 12.3. The number of nitrogens with zero attached hydrogens (tertiary/aromatic N) is 3. The summed E-state index contributed by atoms with van der Waals surface area (Å²) < 4.78 is 25.6. The van der Waals surface area contributed by atoms with Gasteiger partial charge in [-0.2, -0.15) is 9.57 Å². The molecule has 7 nitrogen and oxygen atoms in total. The first-order valence-corrected chi connectivity index (χ1v) is 7.24. The van der Waals surface area contributed by atoms with Gasteiger partial charge < -0.3 is 0 Å². The average Bonchev–Trinajstić information content (AvgIpc) is 2.38. The van der Waals surface area contributed by atoms with E-state index in [1.807, 2.05) is 6.07 Å². The molecule has 1 aromatic rings. The van der Waals surface area contributed by atoms with Crippen molar-refractivity contribution >= 4 is 15.7 Å². The third-order valence-corrected chi connectivity index (χ3v) is 4.89. The van der Waals surface area contributed by atoms with Gasteiger partial charge in [-0.15, -0.1) is 0 Å². The van der Waals surface area contributed by atoms with Gasteiger partial charge >= 0.3 is 0 Å². The van der Waals surface area contributed by atoms with Gasteiger partial charge in [-0.05, 0) is 25.5 Å². The lowest BCUT2D eigenvalue weighted by Gasteiger charge is -2.16. The van der Waals surface area contributed by atoms with E-state index in [0.29, 0.717) is 11.1 Å². The molecule has 0 amide bonds. The molecule has 0 aliphatic rings. The zero-order chi connectivity index (χ0) is 15.5. The Bertz CT molecular complexity index is 677. The highest BCUT2D eigenvalue weighted by atomic mass is 32.2. The van der Waals surface area contributed by atoms with Gasteiger partial charge in [0, 0.05) is 31.6 Å². The van der Waals surface area contributed by atoms with Gasteiger partial charge in [0.05, 0.1) is 15.9 Å². The molecule has 0 aliphatic carbocycles. The van der Waals surface area contributed by atoms with E-state index in [1.165, 1.54) is 13.1 Å². The summed E-state index contributed by atoms with van der Waals surface area (Å²) in [6.07, 6.45) is 0.0582. The Morgan fingerprint density at radius 1 is 1.40 bits per heavy atom. The summed E-state index contributed by atoms with van der Waals surface area (Å²) in [6, 6.07) is 4.32. The standard InChI is InChI=1S/C12H15N3O4S/c1-9-7-11(8-12(10(9)2)15(16)17)20(18,19)14(3)6-4-5-13/h7-8H,4,6H2,1-3H3. The topological polar surface area (TPSA) is 104 Å². The van der Waals surface area contributed by atoms with Crippen molar-refractivity contribution < 1.29 is 13.3 Å². The van der Waals surface area contributed by atoms with Crippen LogP contribution < -0.4 is 0 Å². The Morgan fingerprint density at radius 3 is 2.50 bits per heavy atom. The number of hydrogen-bond donors (Lipinski definition) is 0. The van der Waals surface area contributed by atoms with Crippen molar-refractivity contribution in [3.05, 3.63) is 33.4 Å². The third kappa shape index (κ3) is 3.12. The maximum absolute atomic E-state index is 12.3. The van der Waals surface area contributed by atoms with Crippen molar-refractivity contribution in [2.24, 2.45) is 0 Å². The van der Waals surface area contributed by atoms with E-state index in [0.717, 1.165) is 10.4 Å². The monoisotopic (exact) mass is 297 g/mol. The SMILES string of the molecule is Cc1cc(S(=O)(=O)N(C)CCC#N)cc([N+](=O)[O-])c1C. The van der Waals surface area contributed by atoms with Crippen LogP contribution in [0.2, 0.25) is 0 Å². The molecule has 0 atom stereocenters. The Morgan fingerprint density at radius 2 is 2.00 bits per heavy atom. The molecular formula is C12H15N3O4S. The molecule has 8 heteroatoms. The highest BCUT2D eigenvalue weighted by molar-refractivity contribution is 7.89. The van der Waals surface area contributed by atoms with E-state index in [9.17, 15) is 18.5 Å². The molecular weight excluding hydrogens is 282 g/mol. The van der Waals surface area contributed by atoms with Crippen LogP contribution in [-0.4, -0.2) is 31.2 Å². The van der Waals surface area contributed by atoms with Crippen molar-refractivity contribution in [3.63, 3.8) is 0 Å². The minimum absolute atomic E-state index is 0.0412. The van der Waals surface area contributed by atoms with Gasteiger partial charge in [0.25, 0.3) is 5.69 Å². The number of benzene rings is 1. The van der Waals surface area contributed by atoms with Gasteiger partial charge in [-0.3, -0.25) is 10.1 Å². The van der Waals surface area contributed by atoms with E-state index >= 15 is 0 Å². The van der Waals surface area contributed by atoms with Crippen LogP contribution in [0.25, 0.3) is 0 Å². The Balaban J connectivity index is 3.33. The predicted octanol–water partition coefficient (Wildman–Crippen LogP) is 1.75. The summed E-state index contributed by atoms with van der Waals surface area (Å²) >= 11 is 0. The van der Waals surface area contributed by atoms with Crippen LogP contribution in [0.5, 0.6) is 0 Å². The molecule has 0 aromatic heterocycles. The molecule has 0 bridgehead atoms. The second-order valence-corrected chi connectivity index (χ2v) is 6.42. The molecule has 0 aliphatic heterocycles. The quantitative estimate of drug-likeness (QED) is 0.608. The first-order valence-electron chi connectivity index (χ1n) is 5.80. The summed E-state index contributed by atoms with van der Waals surface area (Å²) in [5, 5.41) is 19.4. The first kappa shape index (κ1) is 16.1. The van der Waals surface area contributed by atoms with Crippen molar-refractivity contribution in [1.82, 2.24) is 4.31 Å². The van der Waals surface area contributed by atoms with Gasteiger partial charge in [-0.25, -0.2) is 8.42 Å². The highest BCUT2D eigenvalue weighted by Gasteiger charge is 2.25. The Hall–Kier alpha value is -1.98. The third-order valence-electron chi connectivity index (χ3n) is 3.06. The predicted molar refractivity (Wildman–Crippen MR) is 72.6 cm³/mol. The Kier molecular flexibility index (Phi) is 4.81. The fraction of sp³-hybridized carbons (Fsp3) is 0.417. The van der Waals surface area contributed by atoms with E-state index in [4.69, 9.17) is 5.26 Å². The van der Waals surface area contributed by atoms with E-state index in [-0.39, 0.29) is 23.5 Å². The van der Waals surface area contributed by atoms with Gasteiger partial charge in [0.2, 0.25) is 10.0 Å². The summed E-state index contributed by atoms with van der Waals surface area (Å²) in [5.41, 5.74) is 0.748. The molecule has 0 fully saturated rings. The van der Waals surface area contributed by atoms with E-state index < -0.39 is 14.9 Å². The molecule has 108 valence electrons. The molecule has 0 radical (unpaired) electrons. The summed E-state index contributed by atoms with van der Waals surface area (Å²) in [5.74, 6) is 0. The largest absolute Gasteiger partial charge is 0.273 e. The molecule has 0 unspecified atom stereocenters. The number of rotatable bonds is 5. The van der Waals surface area contributed by atoms with Crippen molar-refractivity contribution in [2.75, 3.05) is 13.6 Å². The lowest BCUT2D eigenvalue weighted by atomic mass is 10.1. The number of nitro benzene ring substituents is 1. The van der Waals surface area contributed by atoms with Crippen LogP contribution in [0.1, 0.15) is 17.5 Å². The maximum atomic E-state index is 12.3. The normalized spacial score (nSPS) is 11.3. The molecule has 1 aromatic carbocycles. The molecule has 0 saturated carbocycles. The second-order valence-electron chi connectivity index (χ2n) is 4.38. The second kappa shape index (κ2) is 5.98. The first-order chi connectivity index (χ1) is 9.21. The molecule has 0 heterocycles. The zero-order valence-electron chi connectivity index (χ0n) is 11.5. The van der Waals surface area contributed by atoms with Crippen LogP contribution >= 0.6 is 0 Å². The van der Waals surface area contributed by atoms with Gasteiger partial charge in [-0.1, -0.05) is 0 Å². The molecule has 0 N–H and O–H groups in total. The summed E-state index contributed by atoms with van der Waals surface area (Å²) in [7, 11) is -2.49. The van der Waals surface area contributed by atoms with Crippen molar-refractivity contribution in [1.29, 1.82) is 5.26 Å². The number of hydrogen-bond acceptors (Lipinski definition) is 5. The number of sulfonamides is 1. The fourth-order valence-electron chi connectivity index (χ4n) is 1.65. The van der Waals surface area contributed by atoms with Crippen LogP contribution in [0, 0.1) is 35.3 Å². The number of nitriles is 1. The van der Waals surface area contributed by atoms with Crippen LogP contribution in [0.15, 0.2) is 17.0 Å². The highest BCUT2D eigenvalue weighted by Crippen LogP contribution is 2.27. The summed E-state index contributed by atoms with van der Waals surface area (Å²) in [6.45, 7) is 3.24. The van der Waals surface area contributed by atoms with Crippen LogP contribution in [-0.2, 0) is 10.0 Å². The minimum Gasteiger partial charge on any atom is -0.258 e. The van der Waals surface area contributed by atoms with Crippen LogP contribution in [0.4, 0.5) is 5.69 Å². The number of aryl methyl sites for hydroxylation is 1. The minimum atomic E-state index is -3.83. The Labute approximate surface area is 117 Å². The van der Waals surface area contributed by atoms with E-state index in [1.54, 1.807) is 13.8 Å². The molecule has 1 rings (SSSR count). The smallest absolute Gasteiger partial charge is 0.258 e. The van der Waals surface area contributed by atoms with Gasteiger partial charge in [0.15, 0.2) is 0 Å². The maximum Gasteiger partial charge on any atom is 0.273 e. The fourth-order valence-corrected chi connectivity index (χ4v) is 2.93. The number of nitro groups is 1. The lowest BCUT2D eigenvalue weighted by Crippen LogP contribution is -2.28. The van der Waals surface area contributed by atoms with Crippen molar-refractivity contribution in [3.8, 4) is 6.07 Å². The lowest BCUT2D eigenvalue weighted by molar-refractivity contribution is -0.385. The average molecular weight is 297 g/mol. The van der Waals surface area contributed by atoms with Gasteiger partial charge in [0.1, 0.15) is 0 Å². The molecule has 20 heavy (non-hydrogen) atoms.